The number of hydrogen-bond donors (Lipinski definition) is 0. The maximum Gasteiger partial charge on any atom is 0.496 e. The average molecular weight is 479 g/mol. The van der Waals surface area contributed by atoms with Gasteiger partial charge in [-0.15, -0.1) is 0 Å². The number of benzene rings is 1. The molecule has 2 heterocycles. The van der Waals surface area contributed by atoms with Crippen LogP contribution in [0.3, 0.4) is 0 Å². The maximum absolute atomic E-state index is 13.2. The first kappa shape index (κ1) is 25.9. The van der Waals surface area contributed by atoms with Crippen molar-refractivity contribution in [2.75, 3.05) is 20.1 Å². The van der Waals surface area contributed by atoms with Crippen molar-refractivity contribution >= 4 is 36.2 Å². The van der Waals surface area contributed by atoms with E-state index in [4.69, 9.17) is 25.6 Å². The summed E-state index contributed by atoms with van der Waals surface area (Å²) >= 11 is 6.45. The Kier molecular flexibility index (Phi) is 7.14. The zero-order valence-electron chi connectivity index (χ0n) is 21.0. The molecule has 2 aliphatic rings. The van der Waals surface area contributed by atoms with E-state index in [0.717, 1.165) is 0 Å². The molecule has 0 spiro atoms. The summed E-state index contributed by atoms with van der Waals surface area (Å²) in [6.07, 6.45) is 1.05. The lowest BCUT2D eigenvalue weighted by Crippen LogP contribution is -2.48. The first-order valence-electron chi connectivity index (χ1n) is 11.5. The van der Waals surface area contributed by atoms with E-state index in [1.54, 1.807) is 30.1 Å². The third kappa shape index (κ3) is 5.66. The van der Waals surface area contributed by atoms with Crippen LogP contribution in [0.5, 0.6) is 0 Å². The minimum Gasteiger partial charge on any atom is -0.444 e. The summed E-state index contributed by atoms with van der Waals surface area (Å²) in [7, 11) is 1.12. The highest BCUT2D eigenvalue weighted by molar-refractivity contribution is 6.65. The van der Waals surface area contributed by atoms with Gasteiger partial charge in [0.15, 0.2) is 0 Å². The van der Waals surface area contributed by atoms with Gasteiger partial charge in [0.2, 0.25) is 0 Å². The van der Waals surface area contributed by atoms with E-state index in [1.165, 1.54) is 0 Å². The number of likely N-dealkylation sites (tertiary alicyclic amines) is 1. The second-order valence-electron chi connectivity index (χ2n) is 10.9. The molecule has 2 amide bonds. The summed E-state index contributed by atoms with van der Waals surface area (Å²) in [5.41, 5.74) is -0.332. The van der Waals surface area contributed by atoms with Gasteiger partial charge in [0.1, 0.15) is 5.60 Å². The fourth-order valence-electron chi connectivity index (χ4n) is 3.95. The normalized spacial score (nSPS) is 20.6. The van der Waals surface area contributed by atoms with Crippen LogP contribution in [0.25, 0.3) is 0 Å². The Hall–Kier alpha value is -1.77. The van der Waals surface area contributed by atoms with Gasteiger partial charge < -0.3 is 23.8 Å². The molecule has 0 aliphatic carbocycles. The molecule has 2 fully saturated rings. The van der Waals surface area contributed by atoms with Gasteiger partial charge in [0.25, 0.3) is 5.91 Å². The van der Waals surface area contributed by atoms with E-state index in [-0.39, 0.29) is 18.0 Å². The Balaban J connectivity index is 1.66. The molecular formula is C24H36BClN2O5. The monoisotopic (exact) mass is 478 g/mol. The van der Waals surface area contributed by atoms with Gasteiger partial charge >= 0.3 is 13.2 Å². The van der Waals surface area contributed by atoms with Gasteiger partial charge in [0.05, 0.1) is 11.2 Å². The first-order chi connectivity index (χ1) is 15.1. The molecule has 0 unspecified atom stereocenters. The SMILES string of the molecule is CN(C(=O)OC(C)(C)C)C1CCN(C(=O)c2ccc(Cl)c(B3OC(C)(C)C(C)(C)O3)c2)CC1. The molecular weight excluding hydrogens is 443 g/mol. The van der Waals surface area contributed by atoms with Crippen LogP contribution >= 0.6 is 11.6 Å². The molecule has 2 saturated heterocycles. The number of hydrogen-bond acceptors (Lipinski definition) is 5. The highest BCUT2D eigenvalue weighted by Crippen LogP contribution is 2.37. The van der Waals surface area contributed by atoms with Gasteiger partial charge in [-0.05, 0) is 79.5 Å². The van der Waals surface area contributed by atoms with E-state index in [9.17, 15) is 9.59 Å². The number of ether oxygens (including phenoxy) is 1. The molecule has 9 heteroatoms. The number of halogens is 1. The van der Waals surface area contributed by atoms with Crippen LogP contribution in [0.2, 0.25) is 5.02 Å². The summed E-state index contributed by atoms with van der Waals surface area (Å²) in [5.74, 6) is -0.0668. The van der Waals surface area contributed by atoms with Crippen molar-refractivity contribution in [3.05, 3.63) is 28.8 Å². The molecule has 2 aliphatic heterocycles. The lowest BCUT2D eigenvalue weighted by Gasteiger charge is -2.37. The van der Waals surface area contributed by atoms with E-state index in [2.05, 4.69) is 0 Å². The summed E-state index contributed by atoms with van der Waals surface area (Å²) in [5, 5.41) is 0.503. The highest BCUT2D eigenvalue weighted by Gasteiger charge is 2.52. The van der Waals surface area contributed by atoms with Crippen LogP contribution in [0, 0.1) is 0 Å². The lowest BCUT2D eigenvalue weighted by molar-refractivity contribution is 0.00578. The van der Waals surface area contributed by atoms with Crippen LogP contribution in [0.1, 0.15) is 71.7 Å². The van der Waals surface area contributed by atoms with E-state index in [0.29, 0.717) is 42.0 Å². The van der Waals surface area contributed by atoms with Crippen molar-refractivity contribution in [1.29, 1.82) is 0 Å². The van der Waals surface area contributed by atoms with Crippen molar-refractivity contribution in [1.82, 2.24) is 9.80 Å². The van der Waals surface area contributed by atoms with Crippen LogP contribution in [0.4, 0.5) is 4.79 Å². The van der Waals surface area contributed by atoms with Gasteiger partial charge in [-0.25, -0.2) is 4.79 Å². The van der Waals surface area contributed by atoms with Crippen molar-refractivity contribution < 1.29 is 23.6 Å². The first-order valence-corrected chi connectivity index (χ1v) is 11.9. The molecule has 182 valence electrons. The molecule has 33 heavy (non-hydrogen) atoms. The maximum atomic E-state index is 13.2. The van der Waals surface area contributed by atoms with Gasteiger partial charge in [-0.1, -0.05) is 11.6 Å². The Morgan fingerprint density at radius 2 is 1.67 bits per heavy atom. The molecule has 1 aromatic rings. The fraction of sp³-hybridized carbons (Fsp3) is 0.667. The quantitative estimate of drug-likeness (QED) is 0.612. The van der Waals surface area contributed by atoms with Gasteiger partial charge in [0, 0.05) is 42.2 Å². The fourth-order valence-corrected chi connectivity index (χ4v) is 4.16. The molecule has 0 aromatic heterocycles. The molecule has 0 bridgehead atoms. The lowest BCUT2D eigenvalue weighted by atomic mass is 9.78. The third-order valence-corrected chi connectivity index (χ3v) is 7.08. The molecule has 0 radical (unpaired) electrons. The number of carbonyl (C=O) groups excluding carboxylic acids is 2. The molecule has 0 atom stereocenters. The van der Waals surface area contributed by atoms with Crippen molar-refractivity contribution in [2.24, 2.45) is 0 Å². The second-order valence-corrected chi connectivity index (χ2v) is 11.3. The summed E-state index contributed by atoms with van der Waals surface area (Å²) in [6.45, 7) is 14.6. The zero-order valence-corrected chi connectivity index (χ0v) is 21.8. The standard InChI is InChI=1S/C24H36BClN2O5/c1-22(2,3)31-21(30)27(8)17-11-13-28(14-12-17)20(29)16-9-10-19(26)18(15-16)25-32-23(4,5)24(6,7)33-25/h9-10,15,17H,11-14H2,1-8H3. The number of amides is 2. The molecule has 0 N–H and O–H groups in total. The predicted molar refractivity (Wildman–Crippen MR) is 130 cm³/mol. The highest BCUT2D eigenvalue weighted by atomic mass is 35.5. The summed E-state index contributed by atoms with van der Waals surface area (Å²) < 4.78 is 17.7. The van der Waals surface area contributed by atoms with E-state index in [1.807, 2.05) is 53.4 Å². The van der Waals surface area contributed by atoms with Gasteiger partial charge in [-0.2, -0.15) is 0 Å². The van der Waals surface area contributed by atoms with E-state index >= 15 is 0 Å². The minimum atomic E-state index is -0.636. The molecule has 1 aromatic carbocycles. The number of rotatable bonds is 3. The zero-order chi connectivity index (χ0) is 24.8. The van der Waals surface area contributed by atoms with Crippen molar-refractivity contribution in [2.45, 2.75) is 84.2 Å². The Morgan fingerprint density at radius 3 is 2.18 bits per heavy atom. The third-order valence-electron chi connectivity index (χ3n) is 6.73. The van der Waals surface area contributed by atoms with Crippen molar-refractivity contribution in [3.8, 4) is 0 Å². The molecule has 3 rings (SSSR count). The molecule has 0 saturated carbocycles. The van der Waals surface area contributed by atoms with Crippen LogP contribution in [0.15, 0.2) is 18.2 Å². The summed E-state index contributed by atoms with van der Waals surface area (Å²) in [4.78, 5) is 29.1. The van der Waals surface area contributed by atoms with Crippen LogP contribution in [-0.2, 0) is 14.0 Å². The predicted octanol–water partition coefficient (Wildman–Crippen LogP) is 4.11. The number of carbonyl (C=O) groups is 2. The van der Waals surface area contributed by atoms with E-state index < -0.39 is 23.9 Å². The summed E-state index contributed by atoms with van der Waals surface area (Å²) in [6, 6.07) is 5.26. The smallest absolute Gasteiger partial charge is 0.444 e. The van der Waals surface area contributed by atoms with Crippen LogP contribution < -0.4 is 5.46 Å². The Labute approximate surface area is 202 Å². The van der Waals surface area contributed by atoms with Gasteiger partial charge in [-0.3, -0.25) is 4.79 Å². The number of nitrogens with zero attached hydrogens (tertiary/aromatic N) is 2. The Morgan fingerprint density at radius 1 is 1.12 bits per heavy atom. The largest absolute Gasteiger partial charge is 0.496 e. The Bertz CT molecular complexity index is 891. The van der Waals surface area contributed by atoms with Crippen molar-refractivity contribution in [3.63, 3.8) is 0 Å². The average Bonchev–Trinajstić information content (AvgIpc) is 2.93. The molecule has 7 nitrogen and oxygen atoms in total. The van der Waals surface area contributed by atoms with Crippen LogP contribution in [-0.4, -0.2) is 71.9 Å². The minimum absolute atomic E-state index is 0.0365. The topological polar surface area (TPSA) is 68.3 Å². The second kappa shape index (κ2) is 9.12. The number of piperidine rings is 1.